The van der Waals surface area contributed by atoms with E-state index < -0.39 is 0 Å². The van der Waals surface area contributed by atoms with Gasteiger partial charge in [-0.3, -0.25) is 0 Å². The Morgan fingerprint density at radius 2 is 2.28 bits per heavy atom. The summed E-state index contributed by atoms with van der Waals surface area (Å²) in [4.78, 5) is 0. The summed E-state index contributed by atoms with van der Waals surface area (Å²) in [6.07, 6.45) is 2.66. The van der Waals surface area contributed by atoms with E-state index in [4.69, 9.17) is 4.42 Å². The molecule has 2 N–H and O–H groups in total. The van der Waals surface area contributed by atoms with Crippen molar-refractivity contribution < 1.29 is 4.42 Å². The highest BCUT2D eigenvalue weighted by atomic mass is 16.3. The molecule has 0 aromatic carbocycles. The quantitative estimate of drug-likeness (QED) is 0.843. The van der Waals surface area contributed by atoms with Gasteiger partial charge in [0.15, 0.2) is 0 Å². The molecule has 3 nitrogen and oxygen atoms in total. The lowest BCUT2D eigenvalue weighted by Gasteiger charge is -2.37. The van der Waals surface area contributed by atoms with Gasteiger partial charge in [0.25, 0.3) is 0 Å². The third kappa shape index (κ3) is 3.59. The summed E-state index contributed by atoms with van der Waals surface area (Å²) in [7, 11) is 0. The molecule has 1 atom stereocenters. The van der Waals surface area contributed by atoms with Crippen LogP contribution in [0.5, 0.6) is 0 Å². The lowest BCUT2D eigenvalue weighted by atomic mass is 9.75. The number of aryl methyl sites for hydroxylation is 1. The van der Waals surface area contributed by atoms with Crippen molar-refractivity contribution in [3.63, 3.8) is 0 Å². The van der Waals surface area contributed by atoms with Gasteiger partial charge in [-0.25, -0.2) is 0 Å². The first-order valence-corrected chi connectivity index (χ1v) is 7.05. The largest absolute Gasteiger partial charge is 0.465 e. The Balaban J connectivity index is 1.77. The molecule has 1 fully saturated rings. The van der Waals surface area contributed by atoms with Crippen molar-refractivity contribution in [3.05, 3.63) is 23.7 Å². The smallest absolute Gasteiger partial charge is 0.117 e. The van der Waals surface area contributed by atoms with Gasteiger partial charge < -0.3 is 15.1 Å². The molecule has 0 radical (unpaired) electrons. The highest BCUT2D eigenvalue weighted by molar-refractivity contribution is 5.05. The number of nitrogens with one attached hydrogen (secondary N) is 2. The van der Waals surface area contributed by atoms with Gasteiger partial charge in [0.2, 0.25) is 0 Å². The SMILES string of the molecule is Cc1ccc(CNCC(C)(C)C2CCCNC2)o1. The molecular formula is C15H26N2O. The van der Waals surface area contributed by atoms with Crippen LogP contribution in [-0.4, -0.2) is 19.6 Å². The van der Waals surface area contributed by atoms with Gasteiger partial charge in [-0.15, -0.1) is 0 Å². The maximum absolute atomic E-state index is 5.57. The molecule has 0 aliphatic carbocycles. The summed E-state index contributed by atoms with van der Waals surface area (Å²) in [5.41, 5.74) is 0.342. The van der Waals surface area contributed by atoms with Gasteiger partial charge in [-0.2, -0.15) is 0 Å². The summed E-state index contributed by atoms with van der Waals surface area (Å²) in [6.45, 7) is 10.9. The van der Waals surface area contributed by atoms with Crippen LogP contribution in [0.1, 0.15) is 38.2 Å². The predicted octanol–water partition coefficient (Wildman–Crippen LogP) is 2.70. The number of hydrogen-bond acceptors (Lipinski definition) is 3. The number of piperidine rings is 1. The normalized spacial score (nSPS) is 21.2. The summed E-state index contributed by atoms with van der Waals surface area (Å²) in [6, 6.07) is 4.07. The van der Waals surface area contributed by atoms with Crippen molar-refractivity contribution >= 4 is 0 Å². The molecule has 1 aliphatic rings. The van der Waals surface area contributed by atoms with E-state index in [1.807, 2.05) is 13.0 Å². The van der Waals surface area contributed by atoms with E-state index in [1.165, 1.54) is 19.4 Å². The lowest BCUT2D eigenvalue weighted by molar-refractivity contribution is 0.165. The van der Waals surface area contributed by atoms with Crippen molar-refractivity contribution in [2.45, 2.75) is 40.2 Å². The minimum atomic E-state index is 0.342. The topological polar surface area (TPSA) is 37.2 Å². The molecular weight excluding hydrogens is 224 g/mol. The molecule has 3 heteroatoms. The molecule has 1 saturated heterocycles. The summed E-state index contributed by atoms with van der Waals surface area (Å²) in [5, 5.41) is 7.04. The second-order valence-electron chi connectivity index (χ2n) is 6.15. The molecule has 0 amide bonds. The average molecular weight is 250 g/mol. The van der Waals surface area contributed by atoms with Gasteiger partial charge in [0.05, 0.1) is 6.54 Å². The van der Waals surface area contributed by atoms with Crippen LogP contribution >= 0.6 is 0 Å². The van der Waals surface area contributed by atoms with Gasteiger partial charge in [0.1, 0.15) is 11.5 Å². The van der Waals surface area contributed by atoms with Crippen LogP contribution in [0.3, 0.4) is 0 Å². The highest BCUT2D eigenvalue weighted by Crippen LogP contribution is 2.31. The zero-order valence-electron chi connectivity index (χ0n) is 11.9. The molecule has 18 heavy (non-hydrogen) atoms. The second kappa shape index (κ2) is 5.89. The van der Waals surface area contributed by atoms with Gasteiger partial charge in [-0.1, -0.05) is 13.8 Å². The van der Waals surface area contributed by atoms with Crippen LogP contribution in [0.4, 0.5) is 0 Å². The number of hydrogen-bond donors (Lipinski definition) is 2. The molecule has 1 aromatic heterocycles. The Hall–Kier alpha value is -0.800. The van der Waals surface area contributed by atoms with Crippen molar-refractivity contribution in [1.82, 2.24) is 10.6 Å². The highest BCUT2D eigenvalue weighted by Gasteiger charge is 2.30. The predicted molar refractivity (Wildman–Crippen MR) is 74.5 cm³/mol. The average Bonchev–Trinajstić information content (AvgIpc) is 2.76. The van der Waals surface area contributed by atoms with Crippen LogP contribution < -0.4 is 10.6 Å². The van der Waals surface area contributed by atoms with Crippen molar-refractivity contribution in [1.29, 1.82) is 0 Å². The van der Waals surface area contributed by atoms with E-state index in [-0.39, 0.29) is 0 Å². The molecule has 102 valence electrons. The fourth-order valence-corrected chi connectivity index (χ4v) is 2.75. The molecule has 2 rings (SSSR count). The van der Waals surface area contributed by atoms with E-state index >= 15 is 0 Å². The summed E-state index contributed by atoms with van der Waals surface area (Å²) < 4.78 is 5.57. The molecule has 1 aliphatic heterocycles. The molecule has 0 bridgehead atoms. The van der Waals surface area contributed by atoms with Crippen molar-refractivity contribution in [2.75, 3.05) is 19.6 Å². The maximum atomic E-state index is 5.57. The van der Waals surface area contributed by atoms with Crippen molar-refractivity contribution in [3.8, 4) is 0 Å². The summed E-state index contributed by atoms with van der Waals surface area (Å²) in [5.74, 6) is 2.80. The Labute approximate surface area is 110 Å². The first kappa shape index (κ1) is 13.6. The molecule has 0 spiro atoms. The zero-order valence-corrected chi connectivity index (χ0v) is 11.9. The first-order chi connectivity index (χ1) is 8.58. The Kier molecular flexibility index (Phi) is 4.46. The van der Waals surface area contributed by atoms with Gasteiger partial charge in [-0.05, 0) is 56.3 Å². The number of rotatable bonds is 5. The van der Waals surface area contributed by atoms with E-state index in [2.05, 4.69) is 30.5 Å². The van der Waals surface area contributed by atoms with E-state index in [0.717, 1.165) is 37.1 Å². The molecule has 1 aromatic rings. The van der Waals surface area contributed by atoms with E-state index in [0.29, 0.717) is 5.41 Å². The second-order valence-corrected chi connectivity index (χ2v) is 6.15. The molecule has 2 heterocycles. The Bertz CT molecular complexity index is 364. The van der Waals surface area contributed by atoms with Gasteiger partial charge >= 0.3 is 0 Å². The third-order valence-electron chi connectivity index (χ3n) is 4.08. The van der Waals surface area contributed by atoms with Gasteiger partial charge in [0, 0.05) is 6.54 Å². The zero-order chi connectivity index (χ0) is 13.0. The summed E-state index contributed by atoms with van der Waals surface area (Å²) >= 11 is 0. The van der Waals surface area contributed by atoms with E-state index in [1.54, 1.807) is 0 Å². The fraction of sp³-hybridized carbons (Fsp3) is 0.733. The first-order valence-electron chi connectivity index (χ1n) is 7.05. The van der Waals surface area contributed by atoms with E-state index in [9.17, 15) is 0 Å². The molecule has 0 saturated carbocycles. The van der Waals surface area contributed by atoms with Crippen LogP contribution in [0.15, 0.2) is 16.5 Å². The lowest BCUT2D eigenvalue weighted by Crippen LogP contribution is -2.43. The van der Waals surface area contributed by atoms with Crippen LogP contribution in [-0.2, 0) is 6.54 Å². The standard InChI is InChI=1S/C15H26N2O/c1-12-6-7-14(18-12)10-17-11-15(2,3)13-5-4-8-16-9-13/h6-7,13,16-17H,4-5,8-11H2,1-3H3. The minimum absolute atomic E-state index is 0.342. The minimum Gasteiger partial charge on any atom is -0.465 e. The monoisotopic (exact) mass is 250 g/mol. The maximum Gasteiger partial charge on any atom is 0.117 e. The van der Waals surface area contributed by atoms with Crippen LogP contribution in [0, 0.1) is 18.3 Å². The third-order valence-corrected chi connectivity index (χ3v) is 4.08. The fourth-order valence-electron chi connectivity index (χ4n) is 2.75. The van der Waals surface area contributed by atoms with Crippen LogP contribution in [0.25, 0.3) is 0 Å². The Morgan fingerprint density at radius 1 is 1.44 bits per heavy atom. The molecule has 1 unspecified atom stereocenters. The van der Waals surface area contributed by atoms with Crippen molar-refractivity contribution in [2.24, 2.45) is 11.3 Å². The number of furan rings is 1. The van der Waals surface area contributed by atoms with Crippen LogP contribution in [0.2, 0.25) is 0 Å². The Morgan fingerprint density at radius 3 is 2.89 bits per heavy atom.